The van der Waals surface area contributed by atoms with Crippen LogP contribution < -0.4 is 5.32 Å². The molecule has 0 aromatic heterocycles. The van der Waals surface area contributed by atoms with Gasteiger partial charge >= 0.3 is 0 Å². The smallest absolute Gasteiger partial charge is 0.0496 e. The van der Waals surface area contributed by atoms with E-state index in [4.69, 9.17) is 4.74 Å². The summed E-state index contributed by atoms with van der Waals surface area (Å²) in [6, 6.07) is 0. The highest BCUT2D eigenvalue weighted by molar-refractivity contribution is 4.92. The molecule has 2 heteroatoms. The Morgan fingerprint density at radius 3 is 2.77 bits per heavy atom. The van der Waals surface area contributed by atoms with Gasteiger partial charge in [-0.3, -0.25) is 0 Å². The molecular weight excluding hydrogens is 162 g/mol. The van der Waals surface area contributed by atoms with E-state index in [9.17, 15) is 0 Å². The van der Waals surface area contributed by atoms with Gasteiger partial charge in [-0.1, -0.05) is 0 Å². The van der Waals surface area contributed by atoms with Crippen molar-refractivity contribution in [2.45, 2.75) is 26.2 Å². The number of piperidine rings is 1. The lowest BCUT2D eigenvalue weighted by molar-refractivity contribution is 0.128. The molecule has 0 aromatic carbocycles. The molecular formula is C11H21NO. The summed E-state index contributed by atoms with van der Waals surface area (Å²) in [5.74, 6) is 2.92. The van der Waals surface area contributed by atoms with Crippen LogP contribution >= 0.6 is 0 Å². The molecule has 2 aliphatic rings. The predicted octanol–water partition coefficient (Wildman–Crippen LogP) is 1.66. The Morgan fingerprint density at radius 1 is 1.31 bits per heavy atom. The fourth-order valence-corrected chi connectivity index (χ4v) is 2.58. The zero-order chi connectivity index (χ0) is 9.10. The molecule has 0 aromatic rings. The number of hydrogen-bond donors (Lipinski definition) is 1. The van der Waals surface area contributed by atoms with Gasteiger partial charge in [0.2, 0.25) is 0 Å². The lowest BCUT2D eigenvalue weighted by Gasteiger charge is -2.22. The number of ether oxygens (including phenoxy) is 1. The minimum atomic E-state index is 0.884. The second kappa shape index (κ2) is 4.43. The molecule has 2 nitrogen and oxygen atoms in total. The SMILES string of the molecule is CCOCC1CC1C1CCNCC1. The third-order valence-corrected chi connectivity index (χ3v) is 3.50. The lowest BCUT2D eigenvalue weighted by Crippen LogP contribution is -2.29. The molecule has 1 aliphatic carbocycles. The van der Waals surface area contributed by atoms with Gasteiger partial charge in [-0.2, -0.15) is 0 Å². The van der Waals surface area contributed by atoms with Gasteiger partial charge in [-0.05, 0) is 57.0 Å². The van der Waals surface area contributed by atoms with Gasteiger partial charge in [0, 0.05) is 13.2 Å². The van der Waals surface area contributed by atoms with Crippen molar-refractivity contribution in [2.75, 3.05) is 26.3 Å². The van der Waals surface area contributed by atoms with Crippen molar-refractivity contribution in [3.05, 3.63) is 0 Å². The van der Waals surface area contributed by atoms with E-state index in [0.29, 0.717) is 0 Å². The topological polar surface area (TPSA) is 21.3 Å². The molecule has 2 rings (SSSR count). The van der Waals surface area contributed by atoms with Gasteiger partial charge in [0.15, 0.2) is 0 Å². The minimum absolute atomic E-state index is 0.884. The highest BCUT2D eigenvalue weighted by Gasteiger charge is 2.42. The van der Waals surface area contributed by atoms with Crippen molar-refractivity contribution >= 4 is 0 Å². The average molecular weight is 183 g/mol. The van der Waals surface area contributed by atoms with Gasteiger partial charge in [0.05, 0.1) is 0 Å². The highest BCUT2D eigenvalue weighted by Crippen LogP contribution is 2.47. The standard InChI is InChI=1S/C11H21NO/c1-2-13-8-10-7-11(10)9-3-5-12-6-4-9/h9-12H,2-8H2,1H3. The van der Waals surface area contributed by atoms with Crippen molar-refractivity contribution in [1.29, 1.82) is 0 Å². The number of rotatable bonds is 4. The second-order valence-corrected chi connectivity index (χ2v) is 4.41. The van der Waals surface area contributed by atoms with Crippen LogP contribution in [0.2, 0.25) is 0 Å². The molecule has 1 saturated heterocycles. The third kappa shape index (κ3) is 2.44. The van der Waals surface area contributed by atoms with Crippen molar-refractivity contribution in [1.82, 2.24) is 5.32 Å². The highest BCUT2D eigenvalue weighted by atomic mass is 16.5. The molecule has 1 N–H and O–H groups in total. The van der Waals surface area contributed by atoms with E-state index in [1.807, 2.05) is 0 Å². The molecule has 0 radical (unpaired) electrons. The van der Waals surface area contributed by atoms with E-state index >= 15 is 0 Å². The summed E-state index contributed by atoms with van der Waals surface area (Å²) in [6.45, 7) is 6.47. The van der Waals surface area contributed by atoms with Crippen molar-refractivity contribution in [3.63, 3.8) is 0 Å². The molecule has 13 heavy (non-hydrogen) atoms. The summed E-state index contributed by atoms with van der Waals surface area (Å²) in [5, 5.41) is 3.42. The van der Waals surface area contributed by atoms with Crippen LogP contribution in [0.25, 0.3) is 0 Å². The van der Waals surface area contributed by atoms with Crippen molar-refractivity contribution in [3.8, 4) is 0 Å². The van der Waals surface area contributed by atoms with Crippen LogP contribution in [-0.4, -0.2) is 26.3 Å². The zero-order valence-corrected chi connectivity index (χ0v) is 8.59. The Balaban J connectivity index is 1.66. The fraction of sp³-hybridized carbons (Fsp3) is 1.00. The maximum Gasteiger partial charge on any atom is 0.0496 e. The first kappa shape index (κ1) is 9.47. The summed E-state index contributed by atoms with van der Waals surface area (Å²) in [7, 11) is 0. The second-order valence-electron chi connectivity index (χ2n) is 4.41. The van der Waals surface area contributed by atoms with E-state index < -0.39 is 0 Å². The van der Waals surface area contributed by atoms with Gasteiger partial charge < -0.3 is 10.1 Å². The maximum atomic E-state index is 5.46. The molecule has 1 saturated carbocycles. The molecule has 0 amide bonds. The Bertz CT molecular complexity index is 154. The maximum absolute atomic E-state index is 5.46. The zero-order valence-electron chi connectivity index (χ0n) is 8.59. The Hall–Kier alpha value is -0.0800. The van der Waals surface area contributed by atoms with Crippen LogP contribution in [0.5, 0.6) is 0 Å². The number of nitrogens with one attached hydrogen (secondary N) is 1. The van der Waals surface area contributed by atoms with Crippen molar-refractivity contribution in [2.24, 2.45) is 17.8 Å². The Labute approximate surface area is 81.0 Å². The minimum Gasteiger partial charge on any atom is -0.381 e. The monoisotopic (exact) mass is 183 g/mol. The summed E-state index contributed by atoms with van der Waals surface area (Å²) >= 11 is 0. The third-order valence-electron chi connectivity index (χ3n) is 3.50. The van der Waals surface area contributed by atoms with E-state index in [-0.39, 0.29) is 0 Å². The van der Waals surface area contributed by atoms with Crippen LogP contribution in [0, 0.1) is 17.8 Å². The molecule has 0 bridgehead atoms. The lowest BCUT2D eigenvalue weighted by atomic mass is 9.92. The molecule has 2 atom stereocenters. The van der Waals surface area contributed by atoms with Gasteiger partial charge in [0.1, 0.15) is 0 Å². The van der Waals surface area contributed by atoms with Crippen molar-refractivity contribution < 1.29 is 4.74 Å². The van der Waals surface area contributed by atoms with E-state index in [0.717, 1.165) is 31.0 Å². The average Bonchev–Trinajstić information content (AvgIpc) is 2.95. The van der Waals surface area contributed by atoms with Crippen LogP contribution in [-0.2, 0) is 4.74 Å². The first-order chi connectivity index (χ1) is 6.42. The van der Waals surface area contributed by atoms with E-state index in [1.165, 1.54) is 32.4 Å². The van der Waals surface area contributed by atoms with Crippen LogP contribution in [0.3, 0.4) is 0 Å². The first-order valence-electron chi connectivity index (χ1n) is 5.70. The van der Waals surface area contributed by atoms with E-state index in [1.54, 1.807) is 0 Å². The quantitative estimate of drug-likeness (QED) is 0.715. The predicted molar refractivity (Wildman–Crippen MR) is 53.7 cm³/mol. The summed E-state index contributed by atoms with van der Waals surface area (Å²) < 4.78 is 5.46. The van der Waals surface area contributed by atoms with Crippen LogP contribution in [0.4, 0.5) is 0 Å². The van der Waals surface area contributed by atoms with Gasteiger partial charge in [-0.15, -0.1) is 0 Å². The molecule has 2 fully saturated rings. The Morgan fingerprint density at radius 2 is 2.08 bits per heavy atom. The van der Waals surface area contributed by atoms with Crippen LogP contribution in [0.15, 0.2) is 0 Å². The van der Waals surface area contributed by atoms with Crippen LogP contribution in [0.1, 0.15) is 26.2 Å². The molecule has 76 valence electrons. The van der Waals surface area contributed by atoms with Gasteiger partial charge in [0.25, 0.3) is 0 Å². The Kier molecular flexibility index (Phi) is 3.23. The number of hydrogen-bond acceptors (Lipinski definition) is 2. The first-order valence-corrected chi connectivity index (χ1v) is 5.70. The summed E-state index contributed by atoms with van der Waals surface area (Å²) in [5.41, 5.74) is 0. The largest absolute Gasteiger partial charge is 0.381 e. The summed E-state index contributed by atoms with van der Waals surface area (Å²) in [4.78, 5) is 0. The molecule has 2 unspecified atom stereocenters. The normalized spacial score (nSPS) is 34.8. The fourth-order valence-electron chi connectivity index (χ4n) is 2.58. The van der Waals surface area contributed by atoms with E-state index in [2.05, 4.69) is 12.2 Å². The summed E-state index contributed by atoms with van der Waals surface area (Å²) in [6.07, 6.45) is 4.23. The van der Waals surface area contributed by atoms with Gasteiger partial charge in [-0.25, -0.2) is 0 Å². The molecule has 1 heterocycles. The molecule has 1 aliphatic heterocycles. The molecule has 0 spiro atoms.